The molecule has 0 aromatic rings. The average Bonchev–Trinajstić information content (AvgIpc) is 1.14. The standard InChI is InChI=1S/3Ni.O7Si2/c;;;1-8(2,3)7-9(4,5)6/q3*+2;-6. The third kappa shape index (κ3) is 22.6. The second-order valence-electron chi connectivity index (χ2n) is 1.10. The van der Waals surface area contributed by atoms with Crippen molar-refractivity contribution in [3.63, 3.8) is 0 Å². The van der Waals surface area contributed by atoms with Crippen LogP contribution >= 0.6 is 0 Å². The van der Waals surface area contributed by atoms with Gasteiger partial charge in [0.25, 0.3) is 0 Å². The summed E-state index contributed by atoms with van der Waals surface area (Å²) in [6, 6.07) is 0. The van der Waals surface area contributed by atoms with Crippen LogP contribution in [0.2, 0.25) is 0 Å². The van der Waals surface area contributed by atoms with Gasteiger partial charge in [0.2, 0.25) is 0 Å². The maximum atomic E-state index is 9.36. The van der Waals surface area contributed by atoms with Crippen molar-refractivity contribution in [3.8, 4) is 0 Å². The van der Waals surface area contributed by atoms with E-state index in [1.165, 1.54) is 0 Å². The molecule has 0 atom stereocenters. The van der Waals surface area contributed by atoms with Crippen LogP contribution in [-0.4, -0.2) is 18.1 Å². The van der Waals surface area contributed by atoms with Crippen LogP contribution in [0.25, 0.3) is 0 Å². The van der Waals surface area contributed by atoms with E-state index in [0.29, 0.717) is 0 Å². The topological polar surface area (TPSA) is 148 Å². The smallest absolute Gasteiger partial charge is 0.862 e. The number of rotatable bonds is 2. The fourth-order valence-corrected chi connectivity index (χ4v) is 1.38. The molecule has 0 amide bonds. The van der Waals surface area contributed by atoms with Gasteiger partial charge in [-0.05, 0) is 0 Å². The van der Waals surface area contributed by atoms with Crippen LogP contribution in [0.5, 0.6) is 0 Å². The Hall–Kier alpha value is 1.63. The van der Waals surface area contributed by atoms with Crippen molar-refractivity contribution in [2.24, 2.45) is 0 Å². The van der Waals surface area contributed by atoms with Crippen LogP contribution in [0.3, 0.4) is 0 Å². The first-order valence-electron chi connectivity index (χ1n) is 1.63. The molecule has 12 heavy (non-hydrogen) atoms. The zero-order valence-corrected chi connectivity index (χ0v) is 9.77. The molecule has 0 fully saturated rings. The summed E-state index contributed by atoms with van der Waals surface area (Å²) in [6.07, 6.45) is 0. The monoisotopic (exact) mass is 342 g/mol. The summed E-state index contributed by atoms with van der Waals surface area (Å²) in [5, 5.41) is 0. The van der Waals surface area contributed by atoms with Crippen molar-refractivity contribution in [2.75, 3.05) is 0 Å². The molecule has 0 bridgehead atoms. The second-order valence-corrected chi connectivity index (χ2v) is 3.92. The first-order valence-corrected chi connectivity index (χ1v) is 4.90. The van der Waals surface area contributed by atoms with Crippen molar-refractivity contribution < 1.29 is 82.4 Å². The van der Waals surface area contributed by atoms with Gasteiger partial charge in [0.05, 0.1) is 0 Å². The Morgan fingerprint density at radius 1 is 0.583 bits per heavy atom. The molecule has 0 radical (unpaired) electrons. The Balaban J connectivity index is -0.000000107. The van der Waals surface area contributed by atoms with E-state index in [4.69, 9.17) is 0 Å². The minimum absolute atomic E-state index is 0. The molecular weight excluding hydrogens is 344 g/mol. The summed E-state index contributed by atoms with van der Waals surface area (Å²) in [7, 11) is -11.8. The molecule has 0 aromatic heterocycles. The Morgan fingerprint density at radius 2 is 0.750 bits per heavy atom. The van der Waals surface area contributed by atoms with Crippen LogP contribution in [0.1, 0.15) is 0 Å². The molecule has 7 nitrogen and oxygen atoms in total. The van der Waals surface area contributed by atoms with E-state index in [9.17, 15) is 28.8 Å². The van der Waals surface area contributed by atoms with Gasteiger partial charge in [0, 0.05) is 0 Å². The molecule has 0 spiro atoms. The second kappa shape index (κ2) is 7.99. The van der Waals surface area contributed by atoms with Gasteiger partial charge in [0.15, 0.2) is 0 Å². The Kier molecular flexibility index (Phi) is 15.6. The maximum absolute atomic E-state index is 9.36. The van der Waals surface area contributed by atoms with Gasteiger partial charge in [-0.3, -0.25) is 0 Å². The Labute approximate surface area is 100 Å². The van der Waals surface area contributed by atoms with Crippen molar-refractivity contribution in [2.45, 2.75) is 0 Å². The van der Waals surface area contributed by atoms with E-state index in [0.717, 1.165) is 0 Å². The molecule has 0 aliphatic heterocycles. The molecule has 0 aliphatic carbocycles. The molecule has 0 saturated heterocycles. The minimum atomic E-state index is -5.92. The molecule has 80 valence electrons. The SMILES string of the molecule is [Ni+2].[Ni+2].[Ni+2].[O-][Si]([O-])([O-])O[Si]([O-])([O-])[O-]. The van der Waals surface area contributed by atoms with E-state index < -0.39 is 18.1 Å². The van der Waals surface area contributed by atoms with Gasteiger partial charge in [-0.25, -0.2) is 0 Å². The fourth-order valence-electron chi connectivity index (χ4n) is 0.153. The molecular formula is Ni3O7Si2. The van der Waals surface area contributed by atoms with Gasteiger partial charge in [-0.15, -0.1) is 18.1 Å². The van der Waals surface area contributed by atoms with E-state index in [-0.39, 0.29) is 49.5 Å². The molecule has 0 N–H and O–H groups in total. The normalized spacial score (nSPS) is 10.5. The first kappa shape index (κ1) is 23.4. The van der Waals surface area contributed by atoms with E-state index in [1.54, 1.807) is 0 Å². The summed E-state index contributed by atoms with van der Waals surface area (Å²) in [6.45, 7) is 0. The van der Waals surface area contributed by atoms with Gasteiger partial charge in [-0.1, -0.05) is 0 Å². The predicted molar refractivity (Wildman–Crippen MR) is 12.6 cm³/mol. The zero-order valence-electron chi connectivity index (χ0n) is 4.81. The summed E-state index contributed by atoms with van der Waals surface area (Å²) in [4.78, 5) is 56.2. The van der Waals surface area contributed by atoms with E-state index in [2.05, 4.69) is 4.12 Å². The van der Waals surface area contributed by atoms with Crippen molar-refractivity contribution >= 4 is 18.1 Å². The number of hydrogen-bond acceptors (Lipinski definition) is 7. The summed E-state index contributed by atoms with van der Waals surface area (Å²) in [5.41, 5.74) is 0. The summed E-state index contributed by atoms with van der Waals surface area (Å²) >= 11 is 0. The van der Waals surface area contributed by atoms with Crippen LogP contribution in [0.4, 0.5) is 0 Å². The maximum Gasteiger partial charge on any atom is 2.00 e. The van der Waals surface area contributed by atoms with Crippen molar-refractivity contribution in [1.29, 1.82) is 0 Å². The molecule has 0 saturated carbocycles. The predicted octanol–water partition coefficient (Wildman–Crippen LogP) is -7.97. The van der Waals surface area contributed by atoms with Crippen LogP contribution in [0, 0.1) is 0 Å². The van der Waals surface area contributed by atoms with Gasteiger partial charge in [-0.2, -0.15) is 0 Å². The molecule has 0 heterocycles. The molecule has 12 heteroatoms. The Bertz CT molecular complexity index is 81.8. The quantitative estimate of drug-likeness (QED) is 0.452. The Morgan fingerprint density at radius 3 is 0.750 bits per heavy atom. The first-order chi connectivity index (χ1) is 3.71. The van der Waals surface area contributed by atoms with Gasteiger partial charge < -0.3 is 32.9 Å². The van der Waals surface area contributed by atoms with Crippen molar-refractivity contribution in [1.82, 2.24) is 0 Å². The fraction of sp³-hybridized carbons (Fsp3) is 0. The minimum Gasteiger partial charge on any atom is -0.862 e. The van der Waals surface area contributed by atoms with Crippen LogP contribution in [0.15, 0.2) is 0 Å². The average molecular weight is 344 g/mol. The van der Waals surface area contributed by atoms with Crippen LogP contribution < -0.4 is 28.8 Å². The van der Waals surface area contributed by atoms with Crippen molar-refractivity contribution in [3.05, 3.63) is 0 Å². The molecule has 0 aromatic carbocycles. The molecule has 0 rings (SSSR count). The van der Waals surface area contributed by atoms with E-state index in [1.807, 2.05) is 0 Å². The third-order valence-electron chi connectivity index (χ3n) is 0.250. The number of hydrogen-bond donors (Lipinski definition) is 0. The summed E-state index contributed by atoms with van der Waals surface area (Å²) in [5.74, 6) is 0. The van der Waals surface area contributed by atoms with Gasteiger partial charge in [0.1, 0.15) is 0 Å². The molecule has 0 unspecified atom stereocenters. The molecule has 0 aliphatic rings. The third-order valence-corrected chi connectivity index (χ3v) is 2.25. The summed E-state index contributed by atoms with van der Waals surface area (Å²) < 4.78 is 2.57. The zero-order chi connectivity index (χ0) is 7.71. The van der Waals surface area contributed by atoms with Crippen LogP contribution in [-0.2, 0) is 53.6 Å². The largest absolute Gasteiger partial charge is 2.00 e. The van der Waals surface area contributed by atoms with E-state index >= 15 is 0 Å². The van der Waals surface area contributed by atoms with Gasteiger partial charge >= 0.3 is 49.5 Å².